The Morgan fingerprint density at radius 3 is 2.63 bits per heavy atom. The molecule has 7 heteroatoms. The summed E-state index contributed by atoms with van der Waals surface area (Å²) in [6.07, 6.45) is 3.25. The number of aromatic nitrogens is 1. The monoisotopic (exact) mass is 423 g/mol. The van der Waals surface area contributed by atoms with E-state index in [9.17, 15) is 9.59 Å². The first-order valence-electron chi connectivity index (χ1n) is 10.1. The number of methoxy groups -OCH3 is 1. The van der Waals surface area contributed by atoms with Crippen molar-refractivity contribution in [2.24, 2.45) is 5.92 Å². The quantitative estimate of drug-likeness (QED) is 0.649. The zero-order valence-electron chi connectivity index (χ0n) is 16.9. The number of piperidine rings is 1. The zero-order valence-corrected chi connectivity index (χ0v) is 17.7. The third kappa shape index (κ3) is 4.41. The van der Waals surface area contributed by atoms with Gasteiger partial charge in [0.05, 0.1) is 19.3 Å². The number of anilines is 1. The van der Waals surface area contributed by atoms with Crippen molar-refractivity contribution in [1.82, 2.24) is 9.47 Å². The molecule has 0 bridgehead atoms. The van der Waals surface area contributed by atoms with Gasteiger partial charge in [-0.25, -0.2) is 0 Å². The van der Waals surface area contributed by atoms with Gasteiger partial charge in [-0.2, -0.15) is 0 Å². The van der Waals surface area contributed by atoms with Crippen LogP contribution in [0.1, 0.15) is 28.2 Å². The number of hydrogen-bond acceptors (Lipinski definition) is 4. The first-order chi connectivity index (χ1) is 14.7. The molecular weight excluding hydrogens is 398 g/mol. The molecule has 6 nitrogen and oxygen atoms in total. The summed E-state index contributed by atoms with van der Waals surface area (Å²) < 4.78 is 7.30. The van der Waals surface area contributed by atoms with Gasteiger partial charge in [0.15, 0.2) is 0 Å². The second kappa shape index (κ2) is 9.17. The minimum Gasteiger partial charge on any atom is -0.495 e. The molecule has 3 aromatic rings. The lowest BCUT2D eigenvalue weighted by Gasteiger charge is -2.31. The maximum atomic E-state index is 13.1. The average Bonchev–Trinajstić information content (AvgIpc) is 3.46. The third-order valence-corrected chi connectivity index (χ3v) is 6.33. The van der Waals surface area contributed by atoms with Crippen LogP contribution in [0.15, 0.2) is 60.1 Å². The fourth-order valence-electron chi connectivity index (χ4n) is 3.81. The van der Waals surface area contributed by atoms with E-state index in [1.54, 1.807) is 18.4 Å². The summed E-state index contributed by atoms with van der Waals surface area (Å²) in [6.45, 7) is 1.85. The molecule has 1 aromatic carbocycles. The highest BCUT2D eigenvalue weighted by Crippen LogP contribution is 2.26. The van der Waals surface area contributed by atoms with E-state index < -0.39 is 0 Å². The van der Waals surface area contributed by atoms with E-state index in [0.717, 1.165) is 0 Å². The summed E-state index contributed by atoms with van der Waals surface area (Å²) in [6, 6.07) is 15.3. The number of benzene rings is 1. The van der Waals surface area contributed by atoms with Gasteiger partial charge in [-0.3, -0.25) is 9.59 Å². The van der Waals surface area contributed by atoms with Crippen molar-refractivity contribution in [3.05, 3.63) is 70.7 Å². The van der Waals surface area contributed by atoms with E-state index in [2.05, 4.69) is 11.4 Å². The minimum absolute atomic E-state index is 0.0207. The van der Waals surface area contributed by atoms with Crippen LogP contribution in [-0.4, -0.2) is 41.5 Å². The van der Waals surface area contributed by atoms with Crippen LogP contribution in [0.2, 0.25) is 0 Å². The predicted octanol–water partition coefficient (Wildman–Crippen LogP) is 4.10. The predicted molar refractivity (Wildman–Crippen MR) is 118 cm³/mol. The number of hydrogen-bond donors (Lipinski definition) is 1. The van der Waals surface area contributed by atoms with Gasteiger partial charge in [0.1, 0.15) is 11.4 Å². The number of nitrogens with one attached hydrogen (secondary N) is 1. The molecule has 1 N–H and O–H groups in total. The molecule has 1 fully saturated rings. The normalized spacial score (nSPS) is 14.5. The number of amides is 2. The van der Waals surface area contributed by atoms with E-state index in [4.69, 9.17) is 4.74 Å². The van der Waals surface area contributed by atoms with Gasteiger partial charge in [0.2, 0.25) is 5.91 Å². The van der Waals surface area contributed by atoms with E-state index in [1.807, 2.05) is 63.5 Å². The number of nitrogens with zero attached hydrogens (tertiary/aromatic N) is 2. The molecule has 3 heterocycles. The molecule has 0 saturated carbocycles. The molecule has 30 heavy (non-hydrogen) atoms. The Bertz CT molecular complexity index is 1000. The Hall–Kier alpha value is -3.06. The van der Waals surface area contributed by atoms with Crippen LogP contribution in [0.4, 0.5) is 5.69 Å². The van der Waals surface area contributed by atoms with Gasteiger partial charge in [-0.15, -0.1) is 11.3 Å². The Morgan fingerprint density at radius 2 is 1.90 bits per heavy atom. The molecule has 1 aliphatic heterocycles. The Kier molecular flexibility index (Phi) is 6.18. The third-order valence-electron chi connectivity index (χ3n) is 5.47. The Morgan fingerprint density at radius 1 is 1.10 bits per heavy atom. The molecule has 156 valence electrons. The standard InChI is InChI=1S/C23H25N3O3S/c1-29-21-9-3-2-7-19(21)24-22(27)17-10-13-25(14-11-17)23(28)20-8-4-12-26(20)16-18-6-5-15-30-18/h2-9,12,15,17H,10-11,13-14,16H2,1H3,(H,24,27). The van der Waals surface area contributed by atoms with Crippen molar-refractivity contribution in [3.8, 4) is 5.75 Å². The summed E-state index contributed by atoms with van der Waals surface area (Å²) in [7, 11) is 1.59. The maximum absolute atomic E-state index is 13.1. The summed E-state index contributed by atoms with van der Waals surface area (Å²) >= 11 is 1.68. The summed E-state index contributed by atoms with van der Waals surface area (Å²) in [4.78, 5) is 28.8. The molecule has 0 unspecified atom stereocenters. The van der Waals surface area contributed by atoms with Crippen LogP contribution in [0, 0.1) is 5.92 Å². The van der Waals surface area contributed by atoms with Crippen LogP contribution in [-0.2, 0) is 11.3 Å². The first-order valence-corrected chi connectivity index (χ1v) is 10.9. The van der Waals surface area contributed by atoms with Crippen LogP contribution in [0.3, 0.4) is 0 Å². The zero-order chi connectivity index (χ0) is 20.9. The lowest BCUT2D eigenvalue weighted by Crippen LogP contribution is -2.42. The highest BCUT2D eigenvalue weighted by Gasteiger charge is 2.29. The molecule has 0 spiro atoms. The number of carbonyl (C=O) groups is 2. The van der Waals surface area contributed by atoms with Crippen molar-refractivity contribution in [2.75, 3.05) is 25.5 Å². The van der Waals surface area contributed by atoms with Crippen molar-refractivity contribution >= 4 is 28.8 Å². The second-order valence-electron chi connectivity index (χ2n) is 7.36. The van der Waals surface area contributed by atoms with Crippen LogP contribution >= 0.6 is 11.3 Å². The van der Waals surface area contributed by atoms with E-state index in [1.165, 1.54) is 4.88 Å². The highest BCUT2D eigenvalue weighted by atomic mass is 32.1. The van der Waals surface area contributed by atoms with Gasteiger partial charge in [-0.05, 0) is 48.6 Å². The summed E-state index contributed by atoms with van der Waals surface area (Å²) in [5.41, 5.74) is 1.37. The summed E-state index contributed by atoms with van der Waals surface area (Å²) in [5.74, 6) is 0.537. The largest absolute Gasteiger partial charge is 0.495 e. The van der Waals surface area contributed by atoms with Gasteiger partial charge in [0.25, 0.3) is 5.91 Å². The lowest BCUT2D eigenvalue weighted by atomic mass is 9.95. The molecule has 0 atom stereocenters. The number of carbonyl (C=O) groups excluding carboxylic acids is 2. The molecule has 4 rings (SSSR count). The van der Waals surface area contributed by atoms with Crippen molar-refractivity contribution in [1.29, 1.82) is 0 Å². The van der Waals surface area contributed by atoms with Crippen molar-refractivity contribution in [2.45, 2.75) is 19.4 Å². The van der Waals surface area contributed by atoms with E-state index in [-0.39, 0.29) is 17.7 Å². The van der Waals surface area contributed by atoms with Crippen molar-refractivity contribution in [3.63, 3.8) is 0 Å². The van der Waals surface area contributed by atoms with E-state index >= 15 is 0 Å². The topological polar surface area (TPSA) is 63.6 Å². The molecule has 2 aromatic heterocycles. The fraction of sp³-hybridized carbons (Fsp3) is 0.304. The van der Waals surface area contributed by atoms with Crippen LogP contribution in [0.25, 0.3) is 0 Å². The highest BCUT2D eigenvalue weighted by molar-refractivity contribution is 7.09. The number of para-hydroxylation sites is 2. The van der Waals surface area contributed by atoms with Crippen molar-refractivity contribution < 1.29 is 14.3 Å². The molecular formula is C23H25N3O3S. The molecule has 0 radical (unpaired) electrons. The van der Waals surface area contributed by atoms with Crippen LogP contribution < -0.4 is 10.1 Å². The van der Waals surface area contributed by atoms with Gasteiger partial charge in [-0.1, -0.05) is 18.2 Å². The van der Waals surface area contributed by atoms with E-state index in [0.29, 0.717) is 49.6 Å². The number of ether oxygens (including phenoxy) is 1. The molecule has 2 amide bonds. The first kappa shape index (κ1) is 20.2. The minimum atomic E-state index is -0.114. The number of thiophene rings is 1. The molecule has 1 saturated heterocycles. The number of rotatable bonds is 6. The SMILES string of the molecule is COc1ccccc1NC(=O)C1CCN(C(=O)c2cccn2Cc2cccs2)CC1. The Labute approximate surface area is 180 Å². The van der Waals surface area contributed by atoms with Gasteiger partial charge >= 0.3 is 0 Å². The molecule has 1 aliphatic rings. The lowest BCUT2D eigenvalue weighted by molar-refractivity contribution is -0.121. The van der Waals surface area contributed by atoms with Gasteiger partial charge in [0, 0.05) is 30.1 Å². The Balaban J connectivity index is 1.35. The smallest absolute Gasteiger partial charge is 0.270 e. The maximum Gasteiger partial charge on any atom is 0.270 e. The average molecular weight is 424 g/mol. The molecule has 0 aliphatic carbocycles. The van der Waals surface area contributed by atoms with Crippen LogP contribution in [0.5, 0.6) is 5.75 Å². The second-order valence-corrected chi connectivity index (χ2v) is 8.39. The fourth-order valence-corrected chi connectivity index (χ4v) is 4.51. The summed E-state index contributed by atoms with van der Waals surface area (Å²) in [5, 5.41) is 5.01. The number of likely N-dealkylation sites (tertiary alicyclic amines) is 1. The van der Waals surface area contributed by atoms with Gasteiger partial charge < -0.3 is 19.5 Å².